The van der Waals surface area contributed by atoms with Gasteiger partial charge in [0.05, 0.1) is 0 Å². The summed E-state index contributed by atoms with van der Waals surface area (Å²) in [4.78, 5) is 0.0872. The first-order valence-corrected chi connectivity index (χ1v) is 7.59. The number of benzene rings is 1. The van der Waals surface area contributed by atoms with Crippen molar-refractivity contribution < 1.29 is 12.5 Å². The third-order valence-corrected chi connectivity index (χ3v) is 5.08. The molecule has 0 fully saturated rings. The van der Waals surface area contributed by atoms with Crippen molar-refractivity contribution in [3.63, 3.8) is 0 Å². The topological polar surface area (TPSA) is 34.1 Å². The van der Waals surface area contributed by atoms with Gasteiger partial charge in [0.2, 0.25) is 0 Å². The van der Waals surface area contributed by atoms with Gasteiger partial charge in [0.15, 0.2) is 0 Å². The van der Waals surface area contributed by atoms with Gasteiger partial charge in [-0.3, -0.25) is 0 Å². The molecule has 66 valence electrons. The maximum atomic E-state index is 11.6. The summed E-state index contributed by atoms with van der Waals surface area (Å²) in [5, 5.41) is 0. The fourth-order valence-corrected chi connectivity index (χ4v) is 2.62. The minimum atomic E-state index is -3.63. The Hall–Kier alpha value is -0.311. The van der Waals surface area contributed by atoms with Gasteiger partial charge >= 0.3 is 82.0 Å². The summed E-state index contributed by atoms with van der Waals surface area (Å²) in [5.41, 5.74) is 0.940. The summed E-state index contributed by atoms with van der Waals surface area (Å²) in [6, 6.07) is 6.20. The maximum absolute atomic E-state index is 11.6. The van der Waals surface area contributed by atoms with Crippen molar-refractivity contribution >= 4 is 22.1 Å². The fourth-order valence-electron chi connectivity index (χ4n) is 0.753. The Labute approximate surface area is 82.3 Å². The quantitative estimate of drug-likeness (QED) is 0.746. The van der Waals surface area contributed by atoms with Crippen LogP contribution in [0.5, 0.6) is 0 Å². The van der Waals surface area contributed by atoms with Crippen LogP contribution in [0.2, 0.25) is 5.75 Å². The minimum absolute atomic E-state index is 0.0872. The predicted molar refractivity (Wildman–Crippen MR) is 50.0 cm³/mol. The molecule has 0 aliphatic heterocycles. The summed E-state index contributed by atoms with van der Waals surface area (Å²) < 4.78 is 44.1. The molecule has 0 aliphatic rings. The number of rotatable bonds is 2. The van der Waals surface area contributed by atoms with Gasteiger partial charge in [0, 0.05) is 0 Å². The molecule has 1 rings (SSSR count). The molecule has 0 amide bonds. The van der Waals surface area contributed by atoms with Crippen molar-refractivity contribution in [1.29, 1.82) is 0 Å². The van der Waals surface area contributed by atoms with Crippen LogP contribution >= 0.6 is 0 Å². The molecule has 1 aromatic carbocycles. The summed E-state index contributed by atoms with van der Waals surface area (Å²) in [5.74, 6) is -2.39. The van der Waals surface area contributed by atoms with Gasteiger partial charge in [-0.1, -0.05) is 0 Å². The summed E-state index contributed by atoms with van der Waals surface area (Å²) in [6.45, 7) is 1.84. The summed E-state index contributed by atoms with van der Waals surface area (Å²) in [6.07, 6.45) is 0. The van der Waals surface area contributed by atoms with Crippen molar-refractivity contribution in [2.24, 2.45) is 0 Å². The molecule has 0 N–H and O–H groups in total. The third kappa shape index (κ3) is 2.09. The standard InChI is InChI=1S/C8H10O2SSe/c1-7-3-5-8(6-4-7)11(9,10)12-2/h3-6H,1-2H3/i2D3. The molecular weight excluding hydrogens is 239 g/mol. The number of hydrogen-bond donors (Lipinski definition) is 0. The van der Waals surface area contributed by atoms with Gasteiger partial charge in [-0.2, -0.15) is 0 Å². The van der Waals surface area contributed by atoms with Crippen molar-refractivity contribution in [2.75, 3.05) is 0 Å². The van der Waals surface area contributed by atoms with Gasteiger partial charge in [0.1, 0.15) is 0 Å². The summed E-state index contributed by atoms with van der Waals surface area (Å²) >= 11 is -1.42. The van der Waals surface area contributed by atoms with E-state index in [2.05, 4.69) is 0 Å². The van der Waals surface area contributed by atoms with E-state index in [0.717, 1.165) is 5.56 Å². The van der Waals surface area contributed by atoms with E-state index in [4.69, 9.17) is 4.11 Å². The van der Waals surface area contributed by atoms with Crippen LogP contribution in [0.1, 0.15) is 9.68 Å². The van der Waals surface area contributed by atoms with Gasteiger partial charge in [-0.15, -0.1) is 0 Å². The summed E-state index contributed by atoms with van der Waals surface area (Å²) in [7, 11) is -3.63. The van der Waals surface area contributed by atoms with Crippen LogP contribution in [0.15, 0.2) is 29.2 Å². The average Bonchev–Trinajstić information content (AvgIpc) is 2.00. The van der Waals surface area contributed by atoms with E-state index in [0.29, 0.717) is 0 Å². The van der Waals surface area contributed by atoms with E-state index in [1.807, 2.05) is 6.92 Å². The second kappa shape index (κ2) is 3.60. The van der Waals surface area contributed by atoms with Gasteiger partial charge < -0.3 is 0 Å². The normalized spacial score (nSPS) is 16.2. The van der Waals surface area contributed by atoms with E-state index in [1.165, 1.54) is 12.1 Å². The Morgan fingerprint density at radius 1 is 1.33 bits per heavy atom. The molecule has 0 unspecified atom stereocenters. The predicted octanol–water partition coefficient (Wildman–Crippen LogP) is 1.44. The van der Waals surface area contributed by atoms with Crippen LogP contribution < -0.4 is 0 Å². The molecule has 0 bridgehead atoms. The van der Waals surface area contributed by atoms with Crippen molar-refractivity contribution in [3.8, 4) is 0 Å². The molecule has 0 aromatic heterocycles. The van der Waals surface area contributed by atoms with Crippen molar-refractivity contribution in [2.45, 2.75) is 17.6 Å². The average molecular weight is 252 g/mol. The molecule has 2 nitrogen and oxygen atoms in total. The molecular formula is C8H10O2SSe. The Morgan fingerprint density at radius 3 is 2.42 bits per heavy atom. The molecule has 0 heterocycles. The van der Waals surface area contributed by atoms with Crippen LogP contribution in [0.25, 0.3) is 0 Å². The Balaban J connectivity index is 3.02. The molecule has 1 aromatic rings. The van der Waals surface area contributed by atoms with E-state index in [9.17, 15) is 8.42 Å². The zero-order valence-electron chi connectivity index (χ0n) is 9.44. The first kappa shape index (κ1) is 6.19. The van der Waals surface area contributed by atoms with Crippen LogP contribution in [0, 0.1) is 6.92 Å². The molecule has 0 saturated carbocycles. The molecule has 0 radical (unpaired) electrons. The Bertz CT molecular complexity index is 436. The van der Waals surface area contributed by atoms with Gasteiger partial charge in [-0.25, -0.2) is 0 Å². The molecule has 12 heavy (non-hydrogen) atoms. The monoisotopic (exact) mass is 253 g/mol. The van der Waals surface area contributed by atoms with E-state index in [-0.39, 0.29) is 4.90 Å². The molecule has 0 saturated heterocycles. The van der Waals surface area contributed by atoms with Crippen LogP contribution in [-0.4, -0.2) is 22.3 Å². The van der Waals surface area contributed by atoms with E-state index < -0.39 is 27.8 Å². The SMILES string of the molecule is [2H]C([2H])([2H])[Se]S(=O)(=O)c1ccc(C)cc1. The first-order chi connectivity index (χ1) is 6.71. The number of hydrogen-bond acceptors (Lipinski definition) is 2. The first-order valence-electron chi connectivity index (χ1n) is 4.73. The molecule has 0 spiro atoms. The second-order valence-electron chi connectivity index (χ2n) is 2.35. The van der Waals surface area contributed by atoms with Crippen molar-refractivity contribution in [1.82, 2.24) is 0 Å². The van der Waals surface area contributed by atoms with E-state index in [1.54, 1.807) is 12.1 Å². The fraction of sp³-hybridized carbons (Fsp3) is 0.250. The number of aryl methyl sites for hydroxylation is 1. The van der Waals surface area contributed by atoms with Crippen LogP contribution in [0.3, 0.4) is 0 Å². The Morgan fingerprint density at radius 2 is 1.92 bits per heavy atom. The van der Waals surface area contributed by atoms with Crippen LogP contribution in [-0.2, 0) is 8.26 Å². The zero-order valence-corrected chi connectivity index (χ0v) is 8.97. The van der Waals surface area contributed by atoms with Crippen molar-refractivity contribution in [3.05, 3.63) is 29.8 Å². The van der Waals surface area contributed by atoms with Gasteiger partial charge in [-0.05, 0) is 0 Å². The molecule has 0 aliphatic carbocycles. The van der Waals surface area contributed by atoms with E-state index >= 15 is 0 Å². The molecule has 4 heteroatoms. The zero-order chi connectivity index (χ0) is 11.7. The van der Waals surface area contributed by atoms with Gasteiger partial charge in [0.25, 0.3) is 0 Å². The molecule has 0 atom stereocenters. The Kier molecular flexibility index (Phi) is 1.86. The second-order valence-corrected chi connectivity index (χ2v) is 7.71. The third-order valence-electron chi connectivity index (χ3n) is 1.42. The van der Waals surface area contributed by atoms with Crippen LogP contribution in [0.4, 0.5) is 0 Å².